The Kier molecular flexibility index (Phi) is 3.85. The Labute approximate surface area is 110 Å². The molecule has 2 N–H and O–H groups in total. The Morgan fingerprint density at radius 1 is 1.33 bits per heavy atom. The number of alkyl carbamates (subject to hydrolysis) is 1. The highest BCUT2D eigenvalue weighted by atomic mass is 16.6. The van der Waals surface area contributed by atoms with Crippen molar-refractivity contribution in [2.75, 3.05) is 13.1 Å². The highest BCUT2D eigenvalue weighted by molar-refractivity contribution is 5.68. The van der Waals surface area contributed by atoms with Crippen LogP contribution in [0, 0.1) is 5.41 Å². The molecule has 1 saturated carbocycles. The largest absolute Gasteiger partial charge is 0.444 e. The predicted molar refractivity (Wildman–Crippen MR) is 71.5 cm³/mol. The zero-order valence-electron chi connectivity index (χ0n) is 11.8. The molecule has 0 aromatic rings. The Morgan fingerprint density at radius 3 is 2.61 bits per heavy atom. The summed E-state index contributed by atoms with van der Waals surface area (Å²) in [5.74, 6) is 0. The van der Waals surface area contributed by atoms with Gasteiger partial charge in [-0.05, 0) is 46.6 Å². The van der Waals surface area contributed by atoms with Crippen molar-refractivity contribution < 1.29 is 9.53 Å². The lowest BCUT2D eigenvalue weighted by atomic mass is 9.75. The smallest absolute Gasteiger partial charge is 0.407 e. The summed E-state index contributed by atoms with van der Waals surface area (Å²) in [6.45, 7) is 7.73. The van der Waals surface area contributed by atoms with Gasteiger partial charge in [0, 0.05) is 18.0 Å². The van der Waals surface area contributed by atoms with Crippen molar-refractivity contribution in [3.05, 3.63) is 0 Å². The first kappa shape index (κ1) is 13.7. The molecule has 104 valence electrons. The second-order valence-electron chi connectivity index (χ2n) is 6.73. The lowest BCUT2D eigenvalue weighted by Gasteiger charge is -2.42. The van der Waals surface area contributed by atoms with Crippen LogP contribution >= 0.6 is 0 Å². The van der Waals surface area contributed by atoms with Gasteiger partial charge in [-0.15, -0.1) is 0 Å². The minimum Gasteiger partial charge on any atom is -0.444 e. The van der Waals surface area contributed by atoms with Gasteiger partial charge in [0.05, 0.1) is 0 Å². The molecule has 18 heavy (non-hydrogen) atoms. The molecule has 1 aliphatic heterocycles. The van der Waals surface area contributed by atoms with Crippen LogP contribution in [0.5, 0.6) is 0 Å². The maximum Gasteiger partial charge on any atom is 0.407 e. The normalized spacial score (nSPS) is 27.2. The number of rotatable bonds is 1. The van der Waals surface area contributed by atoms with Crippen molar-refractivity contribution >= 4 is 6.09 Å². The Bertz CT molecular complexity index is 303. The van der Waals surface area contributed by atoms with Gasteiger partial charge in [-0.2, -0.15) is 0 Å². The molecule has 4 nitrogen and oxygen atoms in total. The second-order valence-corrected chi connectivity index (χ2v) is 6.73. The van der Waals surface area contributed by atoms with Gasteiger partial charge < -0.3 is 15.4 Å². The van der Waals surface area contributed by atoms with E-state index < -0.39 is 5.60 Å². The van der Waals surface area contributed by atoms with Crippen LogP contribution in [0.3, 0.4) is 0 Å². The van der Waals surface area contributed by atoms with Crippen molar-refractivity contribution in [2.45, 2.75) is 64.5 Å². The van der Waals surface area contributed by atoms with E-state index in [1.54, 1.807) is 0 Å². The minimum absolute atomic E-state index is 0.263. The summed E-state index contributed by atoms with van der Waals surface area (Å²) in [6, 6.07) is 0.274. The van der Waals surface area contributed by atoms with E-state index >= 15 is 0 Å². The second kappa shape index (κ2) is 5.08. The lowest BCUT2D eigenvalue weighted by Crippen LogP contribution is -2.56. The van der Waals surface area contributed by atoms with Gasteiger partial charge in [0.25, 0.3) is 0 Å². The van der Waals surface area contributed by atoms with Crippen LogP contribution in [0.25, 0.3) is 0 Å². The molecule has 1 saturated heterocycles. The SMILES string of the molecule is CC(C)(C)OC(=O)NC1CCNCC12CCCC2. The van der Waals surface area contributed by atoms with E-state index in [0.717, 1.165) is 19.5 Å². The highest BCUT2D eigenvalue weighted by Crippen LogP contribution is 2.43. The number of nitrogens with one attached hydrogen (secondary N) is 2. The van der Waals surface area contributed by atoms with E-state index in [4.69, 9.17) is 4.74 Å². The summed E-state index contributed by atoms with van der Waals surface area (Å²) in [4.78, 5) is 11.9. The fraction of sp³-hybridized carbons (Fsp3) is 0.929. The third-order valence-electron chi connectivity index (χ3n) is 4.12. The molecule has 0 radical (unpaired) electrons. The average molecular weight is 254 g/mol. The average Bonchev–Trinajstić information content (AvgIpc) is 2.68. The Balaban J connectivity index is 1.96. The van der Waals surface area contributed by atoms with Crippen LogP contribution in [0.1, 0.15) is 52.9 Å². The van der Waals surface area contributed by atoms with Crippen molar-refractivity contribution in [3.8, 4) is 0 Å². The summed E-state index contributed by atoms with van der Waals surface area (Å²) in [7, 11) is 0. The van der Waals surface area contributed by atoms with Gasteiger partial charge in [0.15, 0.2) is 0 Å². The predicted octanol–water partition coefficient (Wildman–Crippen LogP) is 2.43. The summed E-state index contributed by atoms with van der Waals surface area (Å²) < 4.78 is 5.37. The Hall–Kier alpha value is -0.770. The van der Waals surface area contributed by atoms with Gasteiger partial charge in [-0.1, -0.05) is 12.8 Å². The summed E-state index contributed by atoms with van der Waals surface area (Å²) in [5, 5.41) is 6.58. The lowest BCUT2D eigenvalue weighted by molar-refractivity contribution is 0.0409. The van der Waals surface area contributed by atoms with Crippen LogP contribution in [0.15, 0.2) is 0 Å². The van der Waals surface area contributed by atoms with E-state index in [-0.39, 0.29) is 17.6 Å². The van der Waals surface area contributed by atoms with Crippen LogP contribution in [-0.4, -0.2) is 30.8 Å². The van der Waals surface area contributed by atoms with Crippen LogP contribution in [-0.2, 0) is 4.74 Å². The number of hydrogen-bond donors (Lipinski definition) is 2. The first-order chi connectivity index (χ1) is 8.41. The van der Waals surface area contributed by atoms with E-state index in [9.17, 15) is 4.79 Å². The van der Waals surface area contributed by atoms with Crippen LogP contribution in [0.4, 0.5) is 4.79 Å². The molecule has 1 amide bonds. The van der Waals surface area contributed by atoms with Crippen molar-refractivity contribution in [1.82, 2.24) is 10.6 Å². The van der Waals surface area contributed by atoms with Crippen LogP contribution < -0.4 is 10.6 Å². The van der Waals surface area contributed by atoms with E-state index in [0.29, 0.717) is 0 Å². The number of carbonyl (C=O) groups excluding carboxylic acids is 1. The molecular weight excluding hydrogens is 228 g/mol. The molecule has 1 spiro atoms. The summed E-state index contributed by atoms with van der Waals surface area (Å²) in [5.41, 5.74) is -0.144. The van der Waals surface area contributed by atoms with Gasteiger partial charge >= 0.3 is 6.09 Å². The van der Waals surface area contributed by atoms with Crippen molar-refractivity contribution in [2.24, 2.45) is 5.41 Å². The zero-order valence-corrected chi connectivity index (χ0v) is 11.8. The maximum atomic E-state index is 11.9. The topological polar surface area (TPSA) is 50.4 Å². The Morgan fingerprint density at radius 2 is 2.00 bits per heavy atom. The molecule has 1 aliphatic carbocycles. The number of piperidine rings is 1. The van der Waals surface area contributed by atoms with Gasteiger partial charge in [0.2, 0.25) is 0 Å². The van der Waals surface area contributed by atoms with E-state index in [1.165, 1.54) is 25.7 Å². The molecule has 1 atom stereocenters. The van der Waals surface area contributed by atoms with Crippen LogP contribution in [0.2, 0.25) is 0 Å². The van der Waals surface area contributed by atoms with Gasteiger partial charge in [-0.25, -0.2) is 4.79 Å². The highest BCUT2D eigenvalue weighted by Gasteiger charge is 2.43. The standard InChI is InChI=1S/C14H26N2O2/c1-13(2,3)18-12(17)16-11-6-9-15-10-14(11)7-4-5-8-14/h11,15H,4-10H2,1-3H3,(H,16,17). The fourth-order valence-electron chi connectivity index (χ4n) is 3.29. The minimum atomic E-state index is -0.417. The zero-order chi connectivity index (χ0) is 13.2. The number of carbonyl (C=O) groups is 1. The molecule has 0 bridgehead atoms. The number of ether oxygens (including phenoxy) is 1. The first-order valence-corrected chi connectivity index (χ1v) is 7.12. The monoisotopic (exact) mass is 254 g/mol. The fourth-order valence-corrected chi connectivity index (χ4v) is 3.29. The number of hydrogen-bond acceptors (Lipinski definition) is 3. The van der Waals surface area contributed by atoms with Crippen molar-refractivity contribution in [3.63, 3.8) is 0 Å². The van der Waals surface area contributed by atoms with E-state index in [1.807, 2.05) is 20.8 Å². The molecule has 4 heteroatoms. The molecule has 2 rings (SSSR count). The first-order valence-electron chi connectivity index (χ1n) is 7.12. The molecule has 0 aromatic carbocycles. The van der Waals surface area contributed by atoms with Gasteiger partial charge in [0.1, 0.15) is 5.60 Å². The van der Waals surface area contributed by atoms with Crippen molar-refractivity contribution in [1.29, 1.82) is 0 Å². The summed E-state index contributed by atoms with van der Waals surface area (Å²) >= 11 is 0. The molecule has 1 heterocycles. The van der Waals surface area contributed by atoms with Gasteiger partial charge in [-0.3, -0.25) is 0 Å². The molecule has 2 fully saturated rings. The molecule has 1 unspecified atom stereocenters. The summed E-state index contributed by atoms with van der Waals surface area (Å²) in [6.07, 6.45) is 5.77. The number of amides is 1. The molecular formula is C14H26N2O2. The molecule has 0 aromatic heterocycles. The molecule has 2 aliphatic rings. The third kappa shape index (κ3) is 3.16. The van der Waals surface area contributed by atoms with E-state index in [2.05, 4.69) is 10.6 Å². The third-order valence-corrected chi connectivity index (χ3v) is 4.12. The quantitative estimate of drug-likeness (QED) is 0.755. The maximum absolute atomic E-state index is 11.9.